The summed E-state index contributed by atoms with van der Waals surface area (Å²) in [6, 6.07) is 14.7. The molecule has 2 aromatic rings. The molecule has 2 atom stereocenters. The van der Waals surface area contributed by atoms with Crippen molar-refractivity contribution in [3.8, 4) is 5.75 Å². The van der Waals surface area contributed by atoms with Gasteiger partial charge in [-0.1, -0.05) is 36.4 Å². The summed E-state index contributed by atoms with van der Waals surface area (Å²) >= 11 is 1.64. The summed E-state index contributed by atoms with van der Waals surface area (Å²) in [5.74, 6) is 1.18. The normalized spacial score (nSPS) is 21.0. The van der Waals surface area contributed by atoms with Gasteiger partial charge >= 0.3 is 0 Å². The van der Waals surface area contributed by atoms with Gasteiger partial charge in [-0.3, -0.25) is 9.59 Å². The van der Waals surface area contributed by atoms with Gasteiger partial charge in [-0.05, 0) is 17.7 Å². The highest BCUT2D eigenvalue weighted by atomic mass is 32.2. The van der Waals surface area contributed by atoms with Crippen LogP contribution in [0.15, 0.2) is 48.5 Å². The number of carbonyl (C=O) groups excluding carboxylic acids is 2. The Morgan fingerprint density at radius 3 is 2.84 bits per heavy atom. The van der Waals surface area contributed by atoms with E-state index in [9.17, 15) is 9.59 Å². The zero-order chi connectivity index (χ0) is 17.4. The first-order valence-corrected chi connectivity index (χ1v) is 9.18. The molecule has 5 nitrogen and oxygen atoms in total. The van der Waals surface area contributed by atoms with Crippen LogP contribution in [0.1, 0.15) is 26.9 Å². The maximum Gasteiger partial charge on any atom is 0.256 e. The van der Waals surface area contributed by atoms with Gasteiger partial charge in [-0.15, -0.1) is 11.8 Å². The van der Waals surface area contributed by atoms with Gasteiger partial charge in [0.05, 0.1) is 7.11 Å². The van der Waals surface area contributed by atoms with Crippen molar-refractivity contribution < 1.29 is 14.3 Å². The topological polar surface area (TPSA) is 58.6 Å². The van der Waals surface area contributed by atoms with Gasteiger partial charge in [0.25, 0.3) is 5.91 Å². The Kier molecular flexibility index (Phi) is 4.13. The third kappa shape index (κ3) is 2.66. The first kappa shape index (κ1) is 16.0. The number of hydrogen-bond acceptors (Lipinski definition) is 4. The van der Waals surface area contributed by atoms with Crippen LogP contribution < -0.4 is 10.1 Å². The number of nitrogens with zero attached hydrogens (tertiary/aromatic N) is 1. The Labute approximate surface area is 150 Å². The van der Waals surface area contributed by atoms with E-state index in [1.54, 1.807) is 23.8 Å². The average Bonchev–Trinajstić information content (AvgIpc) is 3.21. The quantitative estimate of drug-likeness (QED) is 0.917. The summed E-state index contributed by atoms with van der Waals surface area (Å²) < 4.78 is 5.31. The molecule has 2 aliphatic heterocycles. The molecule has 2 aliphatic rings. The van der Waals surface area contributed by atoms with E-state index in [2.05, 4.69) is 5.32 Å². The summed E-state index contributed by atoms with van der Waals surface area (Å²) in [5, 5.41) is 2.90. The molecule has 2 aromatic carbocycles. The van der Waals surface area contributed by atoms with Gasteiger partial charge in [-0.2, -0.15) is 0 Å². The lowest BCUT2D eigenvalue weighted by molar-refractivity contribution is -0.124. The molecule has 0 unspecified atom stereocenters. The smallest absolute Gasteiger partial charge is 0.256 e. The van der Waals surface area contributed by atoms with E-state index in [1.807, 2.05) is 48.5 Å². The minimum Gasteiger partial charge on any atom is -0.496 e. The molecule has 2 heterocycles. The number of nitrogens with one attached hydrogen (secondary N) is 1. The van der Waals surface area contributed by atoms with Crippen LogP contribution in [-0.4, -0.2) is 35.6 Å². The number of ether oxygens (including phenoxy) is 1. The van der Waals surface area contributed by atoms with Gasteiger partial charge in [-0.25, -0.2) is 0 Å². The second-order valence-corrected chi connectivity index (χ2v) is 7.14. The fraction of sp³-hybridized carbons (Fsp3) is 0.263. The van der Waals surface area contributed by atoms with Gasteiger partial charge in [0.15, 0.2) is 0 Å². The first-order chi connectivity index (χ1) is 12.2. The van der Waals surface area contributed by atoms with Gasteiger partial charge in [0, 0.05) is 23.4 Å². The second kappa shape index (κ2) is 6.44. The van der Waals surface area contributed by atoms with Crippen molar-refractivity contribution in [2.24, 2.45) is 0 Å². The highest BCUT2D eigenvalue weighted by molar-refractivity contribution is 7.99. The van der Waals surface area contributed by atoms with E-state index in [0.29, 0.717) is 17.9 Å². The van der Waals surface area contributed by atoms with Crippen LogP contribution >= 0.6 is 11.8 Å². The molecule has 128 valence electrons. The summed E-state index contributed by atoms with van der Waals surface area (Å²) in [5.41, 5.74) is 2.64. The first-order valence-electron chi connectivity index (χ1n) is 8.13. The number of fused-ring (bicyclic) bond motifs is 3. The van der Waals surface area contributed by atoms with Crippen molar-refractivity contribution in [1.82, 2.24) is 10.2 Å². The van der Waals surface area contributed by atoms with Crippen LogP contribution in [0, 0.1) is 0 Å². The molecule has 0 radical (unpaired) electrons. The Hall–Kier alpha value is -2.47. The molecule has 0 saturated carbocycles. The van der Waals surface area contributed by atoms with E-state index in [4.69, 9.17) is 4.74 Å². The zero-order valence-corrected chi connectivity index (χ0v) is 14.6. The predicted octanol–water partition coefficient (Wildman–Crippen LogP) is 2.58. The fourth-order valence-electron chi connectivity index (χ4n) is 3.39. The summed E-state index contributed by atoms with van der Waals surface area (Å²) in [7, 11) is 1.61. The lowest BCUT2D eigenvalue weighted by Gasteiger charge is -2.22. The number of rotatable bonds is 4. The number of thioether (sulfide) groups is 1. The van der Waals surface area contributed by atoms with Crippen molar-refractivity contribution >= 4 is 23.6 Å². The second-order valence-electron chi connectivity index (χ2n) is 6.03. The lowest BCUT2D eigenvalue weighted by atomic mass is 10.1. The largest absolute Gasteiger partial charge is 0.496 e. The molecule has 25 heavy (non-hydrogen) atoms. The molecular weight excluding hydrogens is 336 g/mol. The van der Waals surface area contributed by atoms with E-state index in [1.165, 1.54) is 0 Å². The molecule has 0 aliphatic carbocycles. The van der Waals surface area contributed by atoms with Crippen molar-refractivity contribution in [3.05, 3.63) is 65.2 Å². The molecule has 2 amide bonds. The number of hydrogen-bond donors (Lipinski definition) is 1. The molecule has 6 heteroatoms. The highest BCUT2D eigenvalue weighted by Crippen LogP contribution is 2.48. The van der Waals surface area contributed by atoms with Crippen LogP contribution in [0.2, 0.25) is 0 Å². The van der Waals surface area contributed by atoms with Gasteiger partial charge in [0.2, 0.25) is 5.91 Å². The van der Waals surface area contributed by atoms with Crippen LogP contribution in [0.25, 0.3) is 0 Å². The predicted molar refractivity (Wildman–Crippen MR) is 96.4 cm³/mol. The number of amides is 2. The molecule has 0 spiro atoms. The van der Waals surface area contributed by atoms with Crippen LogP contribution in [0.4, 0.5) is 0 Å². The summed E-state index contributed by atoms with van der Waals surface area (Å²) in [4.78, 5) is 27.1. The Balaban J connectivity index is 1.48. The number of para-hydroxylation sites is 1. The summed E-state index contributed by atoms with van der Waals surface area (Å²) in [6.45, 7) is 0.379. The standard InChI is InChI=1S/C19H18N2O3S/c1-24-16-9-5-2-6-12(16)10-20-17(22)15-11-25-19-14-8-4-3-7-13(14)18(23)21(15)19/h2-9,15,19H,10-11H2,1H3,(H,20,22)/t15-,19+/m0/s1. The van der Waals surface area contributed by atoms with Crippen molar-refractivity contribution in [3.63, 3.8) is 0 Å². The Morgan fingerprint density at radius 2 is 2.00 bits per heavy atom. The van der Waals surface area contributed by atoms with Crippen LogP contribution in [0.5, 0.6) is 5.75 Å². The van der Waals surface area contributed by atoms with Crippen molar-refractivity contribution in [2.45, 2.75) is 18.0 Å². The van der Waals surface area contributed by atoms with Crippen LogP contribution in [-0.2, 0) is 11.3 Å². The minimum atomic E-state index is -0.440. The van der Waals surface area contributed by atoms with Crippen molar-refractivity contribution in [2.75, 3.05) is 12.9 Å². The zero-order valence-electron chi connectivity index (χ0n) is 13.8. The maximum absolute atomic E-state index is 12.7. The lowest BCUT2D eigenvalue weighted by Crippen LogP contribution is -2.45. The molecule has 0 bridgehead atoms. The minimum absolute atomic E-state index is 0.0503. The number of carbonyl (C=O) groups is 2. The number of methoxy groups -OCH3 is 1. The SMILES string of the molecule is COc1ccccc1CNC(=O)[C@@H]1CS[C@@H]2c3ccccc3C(=O)N21. The Morgan fingerprint density at radius 1 is 1.24 bits per heavy atom. The average molecular weight is 354 g/mol. The van der Waals surface area contributed by atoms with E-state index < -0.39 is 6.04 Å². The third-order valence-corrected chi connectivity index (χ3v) is 5.95. The molecule has 1 saturated heterocycles. The van der Waals surface area contributed by atoms with Crippen molar-refractivity contribution in [1.29, 1.82) is 0 Å². The highest BCUT2D eigenvalue weighted by Gasteiger charge is 2.48. The molecule has 4 rings (SSSR count). The summed E-state index contributed by atoms with van der Waals surface area (Å²) in [6.07, 6.45) is 0. The monoisotopic (exact) mass is 354 g/mol. The van der Waals surface area contributed by atoms with Gasteiger partial charge < -0.3 is 15.0 Å². The van der Waals surface area contributed by atoms with E-state index in [-0.39, 0.29) is 17.2 Å². The molecular formula is C19H18N2O3S. The van der Waals surface area contributed by atoms with E-state index >= 15 is 0 Å². The van der Waals surface area contributed by atoms with E-state index in [0.717, 1.165) is 16.9 Å². The van der Waals surface area contributed by atoms with Gasteiger partial charge in [0.1, 0.15) is 17.2 Å². The molecule has 1 N–H and O–H groups in total. The van der Waals surface area contributed by atoms with Crippen LogP contribution in [0.3, 0.4) is 0 Å². The number of benzene rings is 2. The Bertz CT molecular complexity index is 839. The third-order valence-electron chi connectivity index (χ3n) is 4.64. The molecule has 0 aromatic heterocycles. The maximum atomic E-state index is 12.7. The fourth-order valence-corrected chi connectivity index (χ4v) is 4.86. The molecule has 1 fully saturated rings.